The molecule has 0 amide bonds. The molecule has 7 nitrogen and oxygen atoms in total. The molecule has 33 heavy (non-hydrogen) atoms. The van der Waals surface area contributed by atoms with E-state index in [0.717, 1.165) is 54.4 Å². The number of nitrogens with zero attached hydrogens (tertiary/aromatic N) is 5. The van der Waals surface area contributed by atoms with E-state index < -0.39 is 0 Å². The Morgan fingerprint density at radius 1 is 0.909 bits per heavy atom. The van der Waals surface area contributed by atoms with Crippen molar-refractivity contribution in [2.24, 2.45) is 0 Å². The highest BCUT2D eigenvalue weighted by Gasteiger charge is 2.16. The van der Waals surface area contributed by atoms with Gasteiger partial charge in [-0.2, -0.15) is 5.10 Å². The van der Waals surface area contributed by atoms with E-state index in [1.165, 1.54) is 16.8 Å². The van der Waals surface area contributed by atoms with Crippen molar-refractivity contribution in [3.8, 4) is 22.5 Å². The highest BCUT2D eigenvalue weighted by atomic mass is 15.2. The Bertz CT molecular complexity index is 1240. The molecule has 0 aliphatic carbocycles. The zero-order valence-electron chi connectivity index (χ0n) is 19.3. The van der Waals surface area contributed by atoms with Crippen molar-refractivity contribution in [3.63, 3.8) is 0 Å². The Morgan fingerprint density at radius 3 is 2.48 bits per heavy atom. The number of aromatic nitrogens is 4. The van der Waals surface area contributed by atoms with Crippen LogP contribution in [0, 0.1) is 13.8 Å². The van der Waals surface area contributed by atoms with Crippen LogP contribution in [0.15, 0.2) is 60.9 Å². The quantitative estimate of drug-likeness (QED) is 0.472. The van der Waals surface area contributed by atoms with Gasteiger partial charge in [-0.15, -0.1) is 0 Å². The van der Waals surface area contributed by atoms with Gasteiger partial charge in [-0.25, -0.2) is 9.97 Å². The first-order chi connectivity index (χ1) is 16.1. The minimum atomic E-state index is 0.563. The Morgan fingerprint density at radius 2 is 1.70 bits per heavy atom. The summed E-state index contributed by atoms with van der Waals surface area (Å²) in [7, 11) is 2.17. The predicted molar refractivity (Wildman–Crippen MR) is 134 cm³/mol. The van der Waals surface area contributed by atoms with Gasteiger partial charge in [0, 0.05) is 54.9 Å². The molecule has 0 radical (unpaired) electrons. The smallest absolute Gasteiger partial charge is 0.227 e. The predicted octanol–water partition coefficient (Wildman–Crippen LogP) is 4.65. The third-order valence-electron chi connectivity index (χ3n) is 6.44. The summed E-state index contributed by atoms with van der Waals surface area (Å²) in [6, 6.07) is 16.7. The van der Waals surface area contributed by atoms with Gasteiger partial charge < -0.3 is 15.1 Å². The zero-order chi connectivity index (χ0) is 22.8. The third kappa shape index (κ3) is 4.45. The summed E-state index contributed by atoms with van der Waals surface area (Å²) in [6.07, 6.45) is 3.61. The molecule has 0 spiro atoms. The lowest BCUT2D eigenvalue weighted by atomic mass is 9.98. The first-order valence-electron chi connectivity index (χ1n) is 11.3. The topological polar surface area (TPSA) is 73.0 Å². The molecule has 0 saturated carbocycles. The summed E-state index contributed by atoms with van der Waals surface area (Å²) < 4.78 is 0. The SMILES string of the molecule is Cc1cccc(-c2[nH]ncc2-c2ccnc(Nc3ccc(N4CCN(C)CC4)cc3)n2)c1C. The number of aryl methyl sites for hydroxylation is 1. The fourth-order valence-corrected chi connectivity index (χ4v) is 4.23. The summed E-state index contributed by atoms with van der Waals surface area (Å²) in [5.41, 5.74) is 8.58. The van der Waals surface area contributed by atoms with Crippen LogP contribution in [-0.2, 0) is 0 Å². The van der Waals surface area contributed by atoms with Crippen molar-refractivity contribution in [1.29, 1.82) is 0 Å². The van der Waals surface area contributed by atoms with Gasteiger partial charge in [0.15, 0.2) is 0 Å². The molecule has 2 aromatic carbocycles. The van der Waals surface area contributed by atoms with Crippen LogP contribution in [0.1, 0.15) is 11.1 Å². The van der Waals surface area contributed by atoms with E-state index in [-0.39, 0.29) is 0 Å². The summed E-state index contributed by atoms with van der Waals surface area (Å²) >= 11 is 0. The van der Waals surface area contributed by atoms with E-state index in [1.54, 1.807) is 6.20 Å². The Labute approximate surface area is 194 Å². The second kappa shape index (κ2) is 9.03. The summed E-state index contributed by atoms with van der Waals surface area (Å²) in [4.78, 5) is 14.0. The first kappa shape index (κ1) is 21.2. The maximum atomic E-state index is 4.77. The van der Waals surface area contributed by atoms with E-state index >= 15 is 0 Å². The molecule has 3 heterocycles. The molecule has 1 saturated heterocycles. The average Bonchev–Trinajstić information content (AvgIpc) is 3.32. The van der Waals surface area contributed by atoms with Crippen LogP contribution in [0.4, 0.5) is 17.3 Å². The number of benzene rings is 2. The van der Waals surface area contributed by atoms with Gasteiger partial charge in [-0.05, 0) is 62.4 Å². The maximum absolute atomic E-state index is 4.77. The molecule has 0 atom stereocenters. The Kier molecular flexibility index (Phi) is 5.79. The van der Waals surface area contributed by atoms with E-state index in [1.807, 2.05) is 12.3 Å². The molecule has 0 bridgehead atoms. The number of anilines is 3. The summed E-state index contributed by atoms with van der Waals surface area (Å²) in [5.74, 6) is 0.563. The standard InChI is InChI=1S/C26H29N7/c1-18-5-4-6-22(19(18)2)25-23(17-28-31-25)24-11-12-27-26(30-24)29-20-7-9-21(10-8-20)33-15-13-32(3)14-16-33/h4-12,17H,13-16H2,1-3H3,(H,28,31)(H,27,29,30). The molecule has 4 aromatic rings. The van der Waals surface area contributed by atoms with Crippen LogP contribution in [0.3, 0.4) is 0 Å². The van der Waals surface area contributed by atoms with Crippen molar-refractivity contribution in [2.75, 3.05) is 43.4 Å². The number of hydrogen-bond donors (Lipinski definition) is 2. The molecule has 1 aliphatic heterocycles. The molecule has 5 rings (SSSR count). The maximum Gasteiger partial charge on any atom is 0.227 e. The fraction of sp³-hybridized carbons (Fsp3) is 0.269. The number of rotatable bonds is 5. The van der Waals surface area contributed by atoms with Crippen LogP contribution in [-0.4, -0.2) is 58.3 Å². The van der Waals surface area contributed by atoms with Crippen LogP contribution >= 0.6 is 0 Å². The zero-order valence-corrected chi connectivity index (χ0v) is 19.3. The highest BCUT2D eigenvalue weighted by Crippen LogP contribution is 2.32. The molecule has 1 aliphatic rings. The van der Waals surface area contributed by atoms with Gasteiger partial charge in [0.05, 0.1) is 17.6 Å². The van der Waals surface area contributed by atoms with Crippen LogP contribution in [0.2, 0.25) is 0 Å². The van der Waals surface area contributed by atoms with Crippen LogP contribution < -0.4 is 10.2 Å². The van der Waals surface area contributed by atoms with E-state index in [0.29, 0.717) is 5.95 Å². The second-order valence-electron chi connectivity index (χ2n) is 8.63. The lowest BCUT2D eigenvalue weighted by Crippen LogP contribution is -2.44. The highest BCUT2D eigenvalue weighted by molar-refractivity contribution is 5.81. The molecule has 0 unspecified atom stereocenters. The number of nitrogens with one attached hydrogen (secondary N) is 2. The second-order valence-corrected chi connectivity index (χ2v) is 8.63. The van der Waals surface area contributed by atoms with E-state index in [4.69, 9.17) is 4.98 Å². The molecule has 2 N–H and O–H groups in total. The number of hydrogen-bond acceptors (Lipinski definition) is 6. The minimum Gasteiger partial charge on any atom is -0.369 e. The van der Waals surface area contributed by atoms with Gasteiger partial charge in [-0.3, -0.25) is 5.10 Å². The van der Waals surface area contributed by atoms with Crippen LogP contribution in [0.25, 0.3) is 22.5 Å². The molecule has 1 fully saturated rings. The van der Waals surface area contributed by atoms with Gasteiger partial charge >= 0.3 is 0 Å². The third-order valence-corrected chi connectivity index (χ3v) is 6.44. The van der Waals surface area contributed by atoms with Gasteiger partial charge in [0.25, 0.3) is 0 Å². The normalized spacial score (nSPS) is 14.5. The minimum absolute atomic E-state index is 0.563. The van der Waals surface area contributed by atoms with Crippen molar-refractivity contribution >= 4 is 17.3 Å². The molecular formula is C26H29N7. The van der Waals surface area contributed by atoms with Gasteiger partial charge in [0.2, 0.25) is 5.95 Å². The van der Waals surface area contributed by atoms with Crippen molar-refractivity contribution in [1.82, 2.24) is 25.1 Å². The van der Waals surface area contributed by atoms with Crippen molar-refractivity contribution < 1.29 is 0 Å². The van der Waals surface area contributed by atoms with Crippen molar-refractivity contribution in [3.05, 3.63) is 72.1 Å². The number of likely N-dealkylation sites (N-methyl/N-ethyl adjacent to an activating group) is 1. The van der Waals surface area contributed by atoms with Gasteiger partial charge in [0.1, 0.15) is 0 Å². The fourth-order valence-electron chi connectivity index (χ4n) is 4.23. The summed E-state index contributed by atoms with van der Waals surface area (Å²) in [5, 5.41) is 10.8. The van der Waals surface area contributed by atoms with Crippen molar-refractivity contribution in [2.45, 2.75) is 13.8 Å². The first-order valence-corrected chi connectivity index (χ1v) is 11.3. The lowest BCUT2D eigenvalue weighted by molar-refractivity contribution is 0.313. The monoisotopic (exact) mass is 439 g/mol. The average molecular weight is 440 g/mol. The lowest BCUT2D eigenvalue weighted by Gasteiger charge is -2.34. The Balaban J connectivity index is 1.36. The molecule has 168 valence electrons. The Hall–Kier alpha value is -3.71. The molecule has 2 aromatic heterocycles. The van der Waals surface area contributed by atoms with Crippen LogP contribution in [0.5, 0.6) is 0 Å². The molecular weight excluding hydrogens is 410 g/mol. The van der Waals surface area contributed by atoms with Gasteiger partial charge in [-0.1, -0.05) is 18.2 Å². The number of piperazine rings is 1. The number of H-pyrrole nitrogens is 1. The molecule has 7 heteroatoms. The largest absolute Gasteiger partial charge is 0.369 e. The van der Waals surface area contributed by atoms with E-state index in [9.17, 15) is 0 Å². The number of aromatic amines is 1. The van der Waals surface area contributed by atoms with E-state index in [2.05, 4.69) is 93.7 Å². The summed E-state index contributed by atoms with van der Waals surface area (Å²) in [6.45, 7) is 8.56.